The highest BCUT2D eigenvalue weighted by Gasteiger charge is 2.10. The Morgan fingerprint density at radius 1 is 1.03 bits per heavy atom. The smallest absolute Gasteiger partial charge is 0.278 e. The third-order valence-corrected chi connectivity index (χ3v) is 5.10. The molecule has 9 nitrogen and oxygen atoms in total. The lowest BCUT2D eigenvalue weighted by Gasteiger charge is -2.21. The van der Waals surface area contributed by atoms with Gasteiger partial charge in [-0.25, -0.2) is 10.4 Å². The molecule has 0 aliphatic rings. The molecule has 34 heavy (non-hydrogen) atoms. The second kappa shape index (κ2) is 10.8. The molecule has 4 aromatic rings. The lowest BCUT2D eigenvalue weighted by atomic mass is 10.1. The van der Waals surface area contributed by atoms with E-state index < -0.39 is 10.8 Å². The zero-order valence-electron chi connectivity index (χ0n) is 18.2. The number of hydrogen-bond donors (Lipinski definition) is 2. The summed E-state index contributed by atoms with van der Waals surface area (Å²) in [6, 6.07) is 23.3. The summed E-state index contributed by atoms with van der Waals surface area (Å²) >= 11 is 0. The SMILES string of the molecule is O=C(N=CN(NCCc1cnc[nH]1)c1ccc(-c2ccccc2)cc1)c1ccc([N+](=O)[O-])cc1. The molecule has 0 fully saturated rings. The number of anilines is 1. The van der Waals surface area contributed by atoms with Crippen LogP contribution in [0.4, 0.5) is 11.4 Å². The number of aliphatic imine (C=N–C) groups is 1. The lowest BCUT2D eigenvalue weighted by molar-refractivity contribution is -0.384. The highest BCUT2D eigenvalue weighted by Crippen LogP contribution is 2.22. The summed E-state index contributed by atoms with van der Waals surface area (Å²) in [6.45, 7) is 0.570. The van der Waals surface area contributed by atoms with Gasteiger partial charge in [-0.1, -0.05) is 42.5 Å². The van der Waals surface area contributed by atoms with E-state index in [2.05, 4.69) is 20.4 Å². The third kappa shape index (κ3) is 5.78. The number of aromatic nitrogens is 2. The molecule has 0 radical (unpaired) electrons. The van der Waals surface area contributed by atoms with Crippen LogP contribution in [0, 0.1) is 10.1 Å². The highest BCUT2D eigenvalue weighted by atomic mass is 16.6. The van der Waals surface area contributed by atoms with E-state index in [1.54, 1.807) is 17.5 Å². The number of benzene rings is 3. The fourth-order valence-electron chi connectivity index (χ4n) is 3.29. The fraction of sp³-hybridized carbons (Fsp3) is 0.0800. The fourth-order valence-corrected chi connectivity index (χ4v) is 3.29. The van der Waals surface area contributed by atoms with Gasteiger partial charge < -0.3 is 4.98 Å². The van der Waals surface area contributed by atoms with E-state index >= 15 is 0 Å². The molecule has 0 spiro atoms. The van der Waals surface area contributed by atoms with Crippen molar-refractivity contribution in [2.75, 3.05) is 11.6 Å². The second-order valence-electron chi connectivity index (χ2n) is 7.37. The number of hydrazine groups is 1. The van der Waals surface area contributed by atoms with Crippen molar-refractivity contribution in [1.82, 2.24) is 15.4 Å². The van der Waals surface area contributed by atoms with Crippen LogP contribution in [0.1, 0.15) is 16.1 Å². The predicted octanol–water partition coefficient (Wildman–Crippen LogP) is 4.41. The Morgan fingerprint density at radius 2 is 1.74 bits per heavy atom. The van der Waals surface area contributed by atoms with Crippen molar-refractivity contribution in [2.45, 2.75) is 6.42 Å². The molecule has 170 valence electrons. The van der Waals surface area contributed by atoms with E-state index in [0.717, 1.165) is 22.5 Å². The van der Waals surface area contributed by atoms with Crippen LogP contribution in [-0.4, -0.2) is 33.7 Å². The monoisotopic (exact) mass is 454 g/mol. The summed E-state index contributed by atoms with van der Waals surface area (Å²) in [7, 11) is 0. The molecule has 1 amide bonds. The van der Waals surface area contributed by atoms with Gasteiger partial charge in [-0.2, -0.15) is 4.99 Å². The number of nitrogens with one attached hydrogen (secondary N) is 2. The third-order valence-electron chi connectivity index (χ3n) is 5.10. The summed E-state index contributed by atoms with van der Waals surface area (Å²) in [5, 5.41) is 12.5. The molecule has 9 heteroatoms. The van der Waals surface area contributed by atoms with Gasteiger partial charge in [0, 0.05) is 42.6 Å². The zero-order valence-corrected chi connectivity index (χ0v) is 18.2. The minimum Gasteiger partial charge on any atom is -0.348 e. The first-order chi connectivity index (χ1) is 16.6. The molecule has 3 aromatic carbocycles. The number of hydrogen-bond acceptors (Lipinski definition) is 5. The molecule has 0 saturated carbocycles. The maximum Gasteiger partial charge on any atom is 0.278 e. The number of carbonyl (C=O) groups is 1. The van der Waals surface area contributed by atoms with Gasteiger partial charge in [0.2, 0.25) is 0 Å². The molecule has 0 aliphatic carbocycles. The first kappa shape index (κ1) is 22.6. The van der Waals surface area contributed by atoms with Crippen LogP contribution in [0.2, 0.25) is 0 Å². The van der Waals surface area contributed by atoms with E-state index in [4.69, 9.17) is 0 Å². The van der Waals surface area contributed by atoms with Gasteiger partial charge in [-0.05, 0) is 35.4 Å². The van der Waals surface area contributed by atoms with E-state index in [0.29, 0.717) is 13.0 Å². The van der Waals surface area contributed by atoms with Crippen LogP contribution in [0.25, 0.3) is 11.1 Å². The van der Waals surface area contributed by atoms with Crippen molar-refractivity contribution in [1.29, 1.82) is 0 Å². The van der Waals surface area contributed by atoms with Crippen LogP contribution >= 0.6 is 0 Å². The summed E-state index contributed by atoms with van der Waals surface area (Å²) in [4.78, 5) is 34.0. The van der Waals surface area contributed by atoms with Crippen molar-refractivity contribution in [3.05, 3.63) is 113 Å². The van der Waals surface area contributed by atoms with Crippen molar-refractivity contribution < 1.29 is 9.72 Å². The zero-order chi connectivity index (χ0) is 23.8. The van der Waals surface area contributed by atoms with Crippen molar-refractivity contribution >= 4 is 23.6 Å². The number of nitro benzene ring substituents is 1. The average molecular weight is 454 g/mol. The van der Waals surface area contributed by atoms with Gasteiger partial charge in [0.25, 0.3) is 11.6 Å². The topological polar surface area (TPSA) is 117 Å². The Bertz CT molecular complexity index is 1250. The largest absolute Gasteiger partial charge is 0.348 e. The Hall–Kier alpha value is -4.63. The first-order valence-corrected chi connectivity index (χ1v) is 10.6. The van der Waals surface area contributed by atoms with Gasteiger partial charge in [-0.3, -0.25) is 19.9 Å². The summed E-state index contributed by atoms with van der Waals surface area (Å²) in [5.41, 5.74) is 7.39. The average Bonchev–Trinajstić information content (AvgIpc) is 3.40. The van der Waals surface area contributed by atoms with Crippen LogP contribution < -0.4 is 10.4 Å². The molecule has 0 bridgehead atoms. The molecule has 0 atom stereocenters. The molecule has 0 aliphatic heterocycles. The number of rotatable bonds is 9. The number of imidazole rings is 1. The number of nitro groups is 1. The number of non-ortho nitro benzene ring substituents is 1. The molecule has 2 N–H and O–H groups in total. The maximum absolute atomic E-state index is 12.5. The van der Waals surface area contributed by atoms with Gasteiger partial charge >= 0.3 is 0 Å². The first-order valence-electron chi connectivity index (χ1n) is 10.6. The molecular formula is C25H22N6O3. The number of nitrogens with zero attached hydrogens (tertiary/aromatic N) is 4. The van der Waals surface area contributed by atoms with Crippen molar-refractivity contribution in [3.8, 4) is 11.1 Å². The minimum atomic E-state index is -0.512. The molecular weight excluding hydrogens is 432 g/mol. The summed E-state index contributed by atoms with van der Waals surface area (Å²) in [6.07, 6.45) is 5.49. The van der Waals surface area contributed by atoms with Gasteiger partial charge in [-0.15, -0.1) is 0 Å². The van der Waals surface area contributed by atoms with E-state index in [1.807, 2.05) is 54.6 Å². The maximum atomic E-state index is 12.5. The van der Waals surface area contributed by atoms with E-state index in [1.165, 1.54) is 30.6 Å². The molecule has 0 unspecified atom stereocenters. The number of amides is 1. The van der Waals surface area contributed by atoms with Gasteiger partial charge in [0.1, 0.15) is 6.34 Å². The quantitative estimate of drug-likeness (QED) is 0.167. The van der Waals surface area contributed by atoms with E-state index in [9.17, 15) is 14.9 Å². The molecule has 1 aromatic heterocycles. The predicted molar refractivity (Wildman–Crippen MR) is 131 cm³/mol. The molecule has 4 rings (SSSR count). The molecule has 1 heterocycles. The van der Waals surface area contributed by atoms with Crippen molar-refractivity contribution in [3.63, 3.8) is 0 Å². The minimum absolute atomic E-state index is 0.0823. The number of H-pyrrole nitrogens is 1. The number of aromatic amines is 1. The Kier molecular flexibility index (Phi) is 7.16. The Balaban J connectivity index is 1.50. The normalized spacial score (nSPS) is 10.9. The second-order valence-corrected chi connectivity index (χ2v) is 7.37. The van der Waals surface area contributed by atoms with Gasteiger partial charge in [0.05, 0.1) is 16.9 Å². The Labute approximate surface area is 195 Å². The summed E-state index contributed by atoms with van der Waals surface area (Å²) in [5.74, 6) is -0.504. The van der Waals surface area contributed by atoms with Crippen molar-refractivity contribution in [2.24, 2.45) is 4.99 Å². The molecule has 0 saturated heterocycles. The Morgan fingerprint density at radius 3 is 2.38 bits per heavy atom. The number of carbonyl (C=O) groups excluding carboxylic acids is 1. The lowest BCUT2D eigenvalue weighted by Crippen LogP contribution is -2.38. The van der Waals surface area contributed by atoms with E-state index in [-0.39, 0.29) is 11.3 Å². The van der Waals surface area contributed by atoms with Crippen LogP contribution in [0.15, 0.2) is 96.4 Å². The van der Waals surface area contributed by atoms with Crippen LogP contribution in [-0.2, 0) is 6.42 Å². The van der Waals surface area contributed by atoms with Crippen LogP contribution in [0.3, 0.4) is 0 Å². The highest BCUT2D eigenvalue weighted by molar-refractivity contribution is 6.00. The standard InChI is InChI=1S/C25H22N6O3/c32-25(21-8-12-24(13-9-21)31(33)34)28-18-30(29-15-14-22-16-26-17-27-22)23-10-6-20(7-11-23)19-4-2-1-3-5-19/h1-13,16-18,29H,14-15H2,(H,26,27). The summed E-state index contributed by atoms with van der Waals surface area (Å²) < 4.78 is 0. The van der Waals surface area contributed by atoms with Gasteiger partial charge in [0.15, 0.2) is 0 Å². The van der Waals surface area contributed by atoms with Crippen LogP contribution in [0.5, 0.6) is 0 Å².